The van der Waals surface area contributed by atoms with Crippen molar-refractivity contribution in [1.29, 1.82) is 0 Å². The fraction of sp³-hybridized carbons (Fsp3) is 0.133. The van der Waals surface area contributed by atoms with Gasteiger partial charge in [0.1, 0.15) is 12.4 Å². The fourth-order valence-corrected chi connectivity index (χ4v) is 2.19. The number of halogens is 3. The Bertz CT molecular complexity index is 644. The maximum Gasteiger partial charge on any atom is 0.344 e. The minimum atomic E-state index is -0.513. The summed E-state index contributed by atoms with van der Waals surface area (Å²) in [4.78, 5) is 11.6. The molecule has 0 aromatic heterocycles. The molecule has 0 aliphatic carbocycles. The summed E-state index contributed by atoms with van der Waals surface area (Å²) in [7, 11) is 0. The van der Waals surface area contributed by atoms with Crippen LogP contribution in [0.15, 0.2) is 42.5 Å². The van der Waals surface area contributed by atoms with Crippen molar-refractivity contribution in [3.8, 4) is 5.75 Å². The lowest BCUT2D eigenvalue weighted by Crippen LogP contribution is -2.15. The van der Waals surface area contributed by atoms with Crippen LogP contribution in [0.5, 0.6) is 5.75 Å². The molecule has 0 aliphatic heterocycles. The summed E-state index contributed by atoms with van der Waals surface area (Å²) >= 11 is 17.7. The molecule has 0 N–H and O–H groups in total. The van der Waals surface area contributed by atoms with Crippen LogP contribution >= 0.6 is 34.8 Å². The fourth-order valence-electron chi connectivity index (χ4n) is 1.54. The second-order valence-corrected chi connectivity index (χ2v) is 5.37. The lowest BCUT2D eigenvalue weighted by atomic mass is 10.2. The Labute approximate surface area is 137 Å². The van der Waals surface area contributed by atoms with E-state index in [1.54, 1.807) is 42.5 Å². The van der Waals surface area contributed by atoms with Crippen molar-refractivity contribution in [2.75, 3.05) is 6.61 Å². The first-order valence-corrected chi connectivity index (χ1v) is 7.16. The van der Waals surface area contributed by atoms with Crippen molar-refractivity contribution in [2.45, 2.75) is 6.61 Å². The van der Waals surface area contributed by atoms with Crippen LogP contribution in [0.1, 0.15) is 5.56 Å². The van der Waals surface area contributed by atoms with Gasteiger partial charge in [0.15, 0.2) is 6.61 Å². The summed E-state index contributed by atoms with van der Waals surface area (Å²) in [5.74, 6) is -0.0819. The van der Waals surface area contributed by atoms with Crippen LogP contribution in [-0.2, 0) is 16.1 Å². The number of para-hydroxylation sites is 1. The van der Waals surface area contributed by atoms with Crippen molar-refractivity contribution < 1.29 is 14.3 Å². The molecule has 6 heteroatoms. The quantitative estimate of drug-likeness (QED) is 0.732. The Hall–Kier alpha value is -1.42. The molecule has 3 nitrogen and oxygen atoms in total. The van der Waals surface area contributed by atoms with E-state index >= 15 is 0 Å². The third-order valence-electron chi connectivity index (χ3n) is 2.59. The van der Waals surface area contributed by atoms with Crippen LogP contribution in [0.3, 0.4) is 0 Å². The molecule has 2 aromatic rings. The Balaban J connectivity index is 1.84. The molecule has 0 unspecified atom stereocenters. The summed E-state index contributed by atoms with van der Waals surface area (Å²) in [6.45, 7) is -0.171. The number of benzene rings is 2. The molecule has 0 spiro atoms. The normalized spacial score (nSPS) is 10.2. The number of esters is 1. The van der Waals surface area contributed by atoms with Crippen LogP contribution in [0.4, 0.5) is 0 Å². The summed E-state index contributed by atoms with van der Waals surface area (Å²) in [6, 6.07) is 11.9. The number of carbonyl (C=O) groups excluding carboxylic acids is 1. The van der Waals surface area contributed by atoms with E-state index in [0.717, 1.165) is 0 Å². The van der Waals surface area contributed by atoms with Crippen molar-refractivity contribution in [3.05, 3.63) is 63.1 Å². The van der Waals surface area contributed by atoms with Crippen molar-refractivity contribution in [3.63, 3.8) is 0 Å². The van der Waals surface area contributed by atoms with Gasteiger partial charge in [-0.05, 0) is 24.3 Å². The van der Waals surface area contributed by atoms with Crippen LogP contribution < -0.4 is 4.74 Å². The van der Waals surface area contributed by atoms with E-state index in [4.69, 9.17) is 44.3 Å². The first-order chi connectivity index (χ1) is 10.1. The predicted molar refractivity (Wildman–Crippen MR) is 83.2 cm³/mol. The van der Waals surface area contributed by atoms with Gasteiger partial charge in [0.25, 0.3) is 0 Å². The minimum Gasteiger partial charge on any atom is -0.480 e. The van der Waals surface area contributed by atoms with Gasteiger partial charge in [0.05, 0.1) is 5.02 Å². The van der Waals surface area contributed by atoms with Gasteiger partial charge in [-0.1, -0.05) is 53.0 Å². The topological polar surface area (TPSA) is 35.5 Å². The highest BCUT2D eigenvalue weighted by molar-refractivity contribution is 6.35. The molecular formula is C15H11Cl3O3. The van der Waals surface area contributed by atoms with Crippen LogP contribution in [-0.4, -0.2) is 12.6 Å². The molecule has 0 fully saturated rings. The van der Waals surface area contributed by atoms with Crippen LogP contribution in [0.2, 0.25) is 15.1 Å². The Morgan fingerprint density at radius 1 is 1.00 bits per heavy atom. The summed E-state index contributed by atoms with van der Waals surface area (Å²) in [5, 5.41) is 1.41. The van der Waals surface area contributed by atoms with Crippen LogP contribution in [0.25, 0.3) is 0 Å². The Morgan fingerprint density at radius 3 is 2.48 bits per heavy atom. The predicted octanol–water partition coefficient (Wildman–Crippen LogP) is 4.77. The van der Waals surface area contributed by atoms with E-state index in [9.17, 15) is 4.79 Å². The number of hydrogen-bond acceptors (Lipinski definition) is 3. The lowest BCUT2D eigenvalue weighted by Gasteiger charge is -2.09. The minimum absolute atomic E-state index is 0.0563. The van der Waals surface area contributed by atoms with Gasteiger partial charge in [-0.25, -0.2) is 4.79 Å². The molecule has 0 saturated heterocycles. The van der Waals surface area contributed by atoms with Crippen molar-refractivity contribution in [2.24, 2.45) is 0 Å². The SMILES string of the molecule is O=C(COc1ccccc1Cl)OCc1ccc(Cl)cc1Cl. The van der Waals surface area contributed by atoms with Gasteiger partial charge in [-0.3, -0.25) is 0 Å². The first kappa shape index (κ1) is 16.0. The zero-order chi connectivity index (χ0) is 15.2. The zero-order valence-corrected chi connectivity index (χ0v) is 13.1. The summed E-state index contributed by atoms with van der Waals surface area (Å²) < 4.78 is 10.4. The number of ether oxygens (including phenoxy) is 2. The molecule has 0 atom stereocenters. The lowest BCUT2D eigenvalue weighted by molar-refractivity contribution is -0.147. The van der Waals surface area contributed by atoms with Crippen molar-refractivity contribution in [1.82, 2.24) is 0 Å². The second kappa shape index (κ2) is 7.55. The third-order valence-corrected chi connectivity index (χ3v) is 3.49. The molecule has 2 rings (SSSR count). The second-order valence-electron chi connectivity index (χ2n) is 4.12. The van der Waals surface area contributed by atoms with Crippen LogP contribution in [0, 0.1) is 0 Å². The van der Waals surface area contributed by atoms with Gasteiger partial charge in [0.2, 0.25) is 0 Å². The number of hydrogen-bond donors (Lipinski definition) is 0. The first-order valence-electron chi connectivity index (χ1n) is 6.03. The maximum absolute atomic E-state index is 11.6. The van der Waals surface area contributed by atoms with E-state index in [1.807, 2.05) is 0 Å². The molecule has 0 saturated carbocycles. The van der Waals surface area contributed by atoms with E-state index in [-0.39, 0.29) is 13.2 Å². The Morgan fingerprint density at radius 2 is 1.76 bits per heavy atom. The molecular weight excluding hydrogens is 335 g/mol. The Kier molecular flexibility index (Phi) is 5.74. The van der Waals surface area contributed by atoms with Gasteiger partial charge in [-0.15, -0.1) is 0 Å². The molecule has 0 radical (unpaired) electrons. The number of rotatable bonds is 5. The largest absolute Gasteiger partial charge is 0.480 e. The molecule has 0 amide bonds. The monoisotopic (exact) mass is 344 g/mol. The molecule has 110 valence electrons. The highest BCUT2D eigenvalue weighted by Gasteiger charge is 2.08. The van der Waals surface area contributed by atoms with Gasteiger partial charge >= 0.3 is 5.97 Å². The van der Waals surface area contributed by atoms with Gasteiger partial charge in [-0.2, -0.15) is 0 Å². The zero-order valence-electron chi connectivity index (χ0n) is 10.8. The third kappa shape index (κ3) is 4.81. The smallest absolute Gasteiger partial charge is 0.344 e. The molecule has 2 aromatic carbocycles. The average Bonchev–Trinajstić information content (AvgIpc) is 2.45. The van der Waals surface area contributed by atoms with E-state index in [2.05, 4.69) is 0 Å². The molecule has 0 aliphatic rings. The average molecular weight is 346 g/mol. The highest BCUT2D eigenvalue weighted by Crippen LogP contribution is 2.23. The maximum atomic E-state index is 11.6. The molecule has 0 bridgehead atoms. The molecule has 0 heterocycles. The summed E-state index contributed by atoms with van der Waals surface area (Å²) in [5.41, 5.74) is 0.673. The molecule has 21 heavy (non-hydrogen) atoms. The van der Waals surface area contributed by atoms with Gasteiger partial charge in [0, 0.05) is 15.6 Å². The van der Waals surface area contributed by atoms with Crippen molar-refractivity contribution >= 4 is 40.8 Å². The summed E-state index contributed by atoms with van der Waals surface area (Å²) in [6.07, 6.45) is 0. The standard InChI is InChI=1S/C15H11Cl3O3/c16-11-6-5-10(13(18)7-11)8-21-15(19)9-20-14-4-2-1-3-12(14)17/h1-7H,8-9H2. The highest BCUT2D eigenvalue weighted by atomic mass is 35.5. The van der Waals surface area contributed by atoms with Gasteiger partial charge < -0.3 is 9.47 Å². The van der Waals surface area contributed by atoms with E-state index in [1.165, 1.54) is 0 Å². The van der Waals surface area contributed by atoms with E-state index < -0.39 is 5.97 Å². The number of carbonyl (C=O) groups is 1. The van der Waals surface area contributed by atoms with E-state index in [0.29, 0.717) is 26.4 Å².